The van der Waals surface area contributed by atoms with Crippen molar-refractivity contribution in [1.29, 1.82) is 0 Å². The first-order chi connectivity index (χ1) is 45.8. The lowest BCUT2D eigenvalue weighted by molar-refractivity contribution is 0.0959. The summed E-state index contributed by atoms with van der Waals surface area (Å²) in [7, 11) is 0. The molecule has 0 saturated carbocycles. The summed E-state index contributed by atoms with van der Waals surface area (Å²) in [5, 5.41) is 19.7. The fraction of sp³-hybridized carbons (Fsp3) is 0.189. The Morgan fingerprint density at radius 2 is 0.747 bits per heavy atom. The molecule has 21 heteroatoms. The molecule has 0 atom stereocenters. The molecule has 95 heavy (non-hydrogen) atoms. The number of rotatable bonds is 18. The van der Waals surface area contributed by atoms with Crippen LogP contribution in [0.15, 0.2) is 189 Å². The van der Waals surface area contributed by atoms with Crippen molar-refractivity contribution in [1.82, 2.24) is 44.9 Å². The zero-order chi connectivity index (χ0) is 67.1. The Morgan fingerprint density at radius 3 is 1.17 bits per heavy atom. The third kappa shape index (κ3) is 17.5. The van der Waals surface area contributed by atoms with Crippen molar-refractivity contribution in [3.05, 3.63) is 217 Å². The lowest BCUT2D eigenvalue weighted by Gasteiger charge is -2.10. The maximum absolute atomic E-state index is 12.4. The summed E-state index contributed by atoms with van der Waals surface area (Å²) in [4.78, 5) is 109. The molecule has 6 heterocycles. The van der Waals surface area contributed by atoms with E-state index in [-0.39, 0.29) is 53.2 Å². The number of amides is 6. The Balaban J connectivity index is 0.000000155. The van der Waals surface area contributed by atoms with Crippen molar-refractivity contribution in [2.45, 2.75) is 74.7 Å². The van der Waals surface area contributed by atoms with Gasteiger partial charge in [-0.2, -0.15) is 0 Å². The molecule has 9 N–H and O–H groups in total. The van der Waals surface area contributed by atoms with Gasteiger partial charge < -0.3 is 46.9 Å². The number of H-pyrrole nitrogens is 3. The van der Waals surface area contributed by atoms with Crippen LogP contribution in [0.2, 0.25) is 0 Å². The molecule has 21 nitrogen and oxygen atoms in total. The number of anilines is 6. The predicted molar refractivity (Wildman–Crippen MR) is 376 cm³/mol. The van der Waals surface area contributed by atoms with Crippen molar-refractivity contribution in [2.75, 3.05) is 31.9 Å². The van der Waals surface area contributed by atoms with Gasteiger partial charge in [-0.1, -0.05) is 114 Å². The molecule has 0 unspecified atom stereocenters. The molecule has 0 radical (unpaired) electrons. The topological polar surface area (TPSA) is 299 Å². The predicted octanol–water partition coefficient (Wildman–Crippen LogP) is 17.1. The van der Waals surface area contributed by atoms with Crippen LogP contribution in [0.25, 0.3) is 66.9 Å². The molecule has 0 spiro atoms. The first-order valence-electron chi connectivity index (χ1n) is 31.1. The van der Waals surface area contributed by atoms with E-state index < -0.39 is 0 Å². The highest BCUT2D eigenvalue weighted by Crippen LogP contribution is 2.31. The van der Waals surface area contributed by atoms with E-state index in [1.807, 2.05) is 153 Å². The number of hydrogen-bond donors (Lipinski definition) is 9. The molecule has 12 rings (SSSR count). The number of aromatic nitrogens is 9. The van der Waals surface area contributed by atoms with Gasteiger partial charge in [0.1, 0.15) is 35.9 Å². The fourth-order valence-corrected chi connectivity index (χ4v) is 10.5. The van der Waals surface area contributed by atoms with E-state index in [1.54, 1.807) is 72.8 Å². The first-order valence-corrected chi connectivity index (χ1v) is 31.1. The number of aromatic amines is 3. The van der Waals surface area contributed by atoms with E-state index in [9.17, 15) is 28.8 Å². The van der Waals surface area contributed by atoms with E-state index in [0.717, 1.165) is 78.1 Å². The van der Waals surface area contributed by atoms with Gasteiger partial charge in [0.05, 0.1) is 17.1 Å². The molecule has 6 aromatic carbocycles. The minimum atomic E-state index is -0.378. The summed E-state index contributed by atoms with van der Waals surface area (Å²) in [6.45, 7) is 16.0. The summed E-state index contributed by atoms with van der Waals surface area (Å²) in [5.74, 6) is 1.05. The van der Waals surface area contributed by atoms with Crippen LogP contribution in [-0.2, 0) is 0 Å². The molecule has 0 aliphatic carbocycles. The molecular weight excluding hydrogens is 1190 g/mol. The minimum Gasteiger partial charge on any atom is -0.346 e. The molecule has 0 fully saturated rings. The van der Waals surface area contributed by atoms with E-state index in [1.165, 1.54) is 19.0 Å². The van der Waals surface area contributed by atoms with Crippen LogP contribution >= 0.6 is 0 Å². The van der Waals surface area contributed by atoms with Gasteiger partial charge in [0.25, 0.3) is 0 Å². The summed E-state index contributed by atoms with van der Waals surface area (Å²) in [5.41, 5.74) is 15.2. The van der Waals surface area contributed by atoms with Gasteiger partial charge in [-0.05, 0) is 122 Å². The SMILES string of the molecule is CC(C)CC(=O)c1cccc(NC(=O)Nc2ccc(-c3ncnc4[nH]ccc34)cc2)c1.Cc1c[nH]c2ncnc(-c3ccc(NC(=O)Nc4cccc(C(=O)CC(C)C)c4)cc3)c12.Cc1cc2c(-c3ccc(NC(=O)Nc4cccc(C(=O)CC(C)C)c4)cc3)ncnc2[nH]1. The maximum Gasteiger partial charge on any atom is 0.323 e. The minimum absolute atomic E-state index is 0.0656. The van der Waals surface area contributed by atoms with Crippen molar-refractivity contribution in [3.8, 4) is 33.8 Å². The van der Waals surface area contributed by atoms with Gasteiger partial charge in [0.2, 0.25) is 0 Å². The van der Waals surface area contributed by atoms with E-state index >= 15 is 0 Å². The quantitative estimate of drug-likeness (QED) is 0.0362. The third-order valence-corrected chi connectivity index (χ3v) is 14.9. The van der Waals surface area contributed by atoms with Gasteiger partial charge in [-0.3, -0.25) is 14.4 Å². The lowest BCUT2D eigenvalue weighted by Crippen LogP contribution is -2.19. The number of ketones is 3. The molecule has 0 saturated heterocycles. The second kappa shape index (κ2) is 30.4. The van der Waals surface area contributed by atoms with Crippen molar-refractivity contribution in [2.24, 2.45) is 17.8 Å². The third-order valence-electron chi connectivity index (χ3n) is 14.9. The highest BCUT2D eigenvalue weighted by Gasteiger charge is 2.17. The van der Waals surface area contributed by atoms with Crippen LogP contribution in [0, 0.1) is 31.6 Å². The number of hydrogen-bond acceptors (Lipinski definition) is 12. The Kier molecular flexibility index (Phi) is 21.1. The number of fused-ring (bicyclic) bond motifs is 3. The number of Topliss-reactive ketones (excluding diaryl/α,β-unsaturated/α-hetero) is 3. The largest absolute Gasteiger partial charge is 0.346 e. The second-order valence-corrected chi connectivity index (χ2v) is 24.1. The Morgan fingerprint density at radius 1 is 0.379 bits per heavy atom. The molecule has 0 aliphatic rings. The molecule has 0 aliphatic heterocycles. The number of urea groups is 3. The average molecular weight is 1270 g/mol. The molecule has 0 bridgehead atoms. The van der Waals surface area contributed by atoms with E-state index in [0.29, 0.717) is 70.1 Å². The van der Waals surface area contributed by atoms with Gasteiger partial charge in [-0.25, -0.2) is 44.3 Å². The Labute approximate surface area is 548 Å². The first kappa shape index (κ1) is 65.9. The van der Waals surface area contributed by atoms with Crippen molar-refractivity contribution in [3.63, 3.8) is 0 Å². The van der Waals surface area contributed by atoms with Crippen molar-refractivity contribution < 1.29 is 28.8 Å². The molecule has 12 aromatic rings. The number of nitrogens with zero attached hydrogens (tertiary/aromatic N) is 6. The fourth-order valence-electron chi connectivity index (χ4n) is 10.5. The number of carbonyl (C=O) groups is 6. The Bertz CT molecular complexity index is 4720. The summed E-state index contributed by atoms with van der Waals surface area (Å²) < 4.78 is 0. The number of aryl methyl sites for hydroxylation is 2. The van der Waals surface area contributed by atoms with Crippen LogP contribution < -0.4 is 31.9 Å². The van der Waals surface area contributed by atoms with Crippen LogP contribution in [0.1, 0.15) is 103 Å². The highest BCUT2D eigenvalue weighted by atomic mass is 16.2. The van der Waals surface area contributed by atoms with Gasteiger partial charge in [-0.15, -0.1) is 0 Å². The second-order valence-electron chi connectivity index (χ2n) is 24.1. The van der Waals surface area contributed by atoms with Crippen LogP contribution in [-0.4, -0.2) is 80.3 Å². The Hall–Kier alpha value is -12.0. The average Bonchev–Trinajstić information content (AvgIpc) is 1.72. The summed E-state index contributed by atoms with van der Waals surface area (Å²) >= 11 is 0. The molecule has 480 valence electrons. The number of benzene rings is 6. The smallest absolute Gasteiger partial charge is 0.323 e. The van der Waals surface area contributed by atoms with Crippen molar-refractivity contribution >= 4 is 103 Å². The van der Waals surface area contributed by atoms with Gasteiger partial charge in [0, 0.05) is 121 Å². The summed E-state index contributed by atoms with van der Waals surface area (Å²) in [6, 6.07) is 46.2. The monoisotopic (exact) mass is 1270 g/mol. The standard InChI is InChI=1S/2C25H25N5O2.C24H23N5O2/c1-15(2)11-21(31)18-5-4-6-20(12-18)30-25(32)29-19-9-7-17(8-10-19)23-22-16(3)13-26-24(22)28-14-27-23;1-15(2)11-22(31)18-5-4-6-20(13-18)30-25(32)29-19-9-7-17(8-10-19)23-21-12-16(3)28-24(21)27-14-26-23;1-15(2)12-21(30)17-4-3-5-19(13-17)29-24(31)28-18-8-6-16(7-9-18)22-20-10-11-25-23(20)27-14-26-22/h2*4-10,12-15H,11H2,1-3H3,(H,26,27,28)(H2,29,30,32);3-11,13-15H,12H2,1-2H3,(H,25,26,27)(H2,28,29,31). The van der Waals surface area contributed by atoms with E-state index in [2.05, 4.69) is 76.8 Å². The van der Waals surface area contributed by atoms with Gasteiger partial charge >= 0.3 is 18.1 Å². The van der Waals surface area contributed by atoms with Crippen LogP contribution in [0.4, 0.5) is 48.5 Å². The number of carbonyl (C=O) groups excluding carboxylic acids is 6. The van der Waals surface area contributed by atoms with E-state index in [4.69, 9.17) is 0 Å². The maximum atomic E-state index is 12.4. The molecular formula is C74H73N15O6. The van der Waals surface area contributed by atoms with Crippen LogP contribution in [0.5, 0.6) is 0 Å². The molecule has 6 amide bonds. The molecule has 6 aromatic heterocycles. The number of nitrogens with one attached hydrogen (secondary N) is 9. The zero-order valence-corrected chi connectivity index (χ0v) is 53.9. The highest BCUT2D eigenvalue weighted by molar-refractivity contribution is 6.05. The lowest BCUT2D eigenvalue weighted by atomic mass is 10.0. The summed E-state index contributed by atoms with van der Waals surface area (Å²) in [6.07, 6.45) is 9.76. The zero-order valence-electron chi connectivity index (χ0n) is 53.9. The normalized spacial score (nSPS) is 11.0. The van der Waals surface area contributed by atoms with Crippen LogP contribution in [0.3, 0.4) is 0 Å². The van der Waals surface area contributed by atoms with Gasteiger partial charge in [0.15, 0.2) is 17.3 Å².